The van der Waals surface area contributed by atoms with Crippen LogP contribution in [0, 0.1) is 11.8 Å². The molecular formula is C28H38ClF3N4S. The first-order valence-electron chi connectivity index (χ1n) is 13.2. The van der Waals surface area contributed by atoms with Crippen molar-refractivity contribution in [3.05, 3.63) is 47.0 Å². The van der Waals surface area contributed by atoms with Crippen molar-refractivity contribution in [3.63, 3.8) is 0 Å². The van der Waals surface area contributed by atoms with Crippen LogP contribution in [0.2, 0.25) is 0 Å². The number of alkyl halides is 3. The van der Waals surface area contributed by atoms with E-state index >= 15 is 0 Å². The van der Waals surface area contributed by atoms with Crippen LogP contribution in [-0.4, -0.2) is 50.2 Å². The third kappa shape index (κ3) is 6.52. The molecule has 2 aromatic rings. The normalized spacial score (nSPS) is 22.7. The van der Waals surface area contributed by atoms with Crippen LogP contribution in [-0.2, 0) is 12.6 Å². The minimum Gasteiger partial charge on any atom is -0.382 e. The molecule has 0 bridgehead atoms. The highest BCUT2D eigenvalue weighted by atomic mass is 35.5. The van der Waals surface area contributed by atoms with E-state index in [9.17, 15) is 13.2 Å². The molecule has 2 aromatic carbocycles. The van der Waals surface area contributed by atoms with E-state index in [0.29, 0.717) is 35.4 Å². The van der Waals surface area contributed by atoms with Crippen LogP contribution in [0.4, 0.5) is 24.5 Å². The van der Waals surface area contributed by atoms with Crippen LogP contribution in [0.5, 0.6) is 0 Å². The van der Waals surface area contributed by atoms with E-state index in [1.54, 1.807) is 0 Å². The zero-order valence-electron chi connectivity index (χ0n) is 21.6. The number of benzene rings is 2. The van der Waals surface area contributed by atoms with Gasteiger partial charge in [0.2, 0.25) is 0 Å². The molecule has 0 spiro atoms. The van der Waals surface area contributed by atoms with Gasteiger partial charge < -0.3 is 20.9 Å². The Bertz CT molecular complexity index is 1080. The molecule has 2 saturated heterocycles. The van der Waals surface area contributed by atoms with Gasteiger partial charge in [-0.3, -0.25) is 0 Å². The second-order valence-electron chi connectivity index (χ2n) is 11.0. The number of anilines is 2. The predicted molar refractivity (Wildman–Crippen MR) is 149 cm³/mol. The van der Waals surface area contributed by atoms with Crippen molar-refractivity contribution in [2.75, 3.05) is 49.5 Å². The van der Waals surface area contributed by atoms with Gasteiger partial charge in [0, 0.05) is 72.9 Å². The topological polar surface area (TPSA) is 44.5 Å². The lowest BCUT2D eigenvalue weighted by Crippen LogP contribution is -2.41. The maximum Gasteiger partial charge on any atom is 0.416 e. The van der Waals surface area contributed by atoms with Gasteiger partial charge in [-0.15, -0.1) is 12.4 Å². The highest BCUT2D eigenvalue weighted by Gasteiger charge is 2.34. The van der Waals surface area contributed by atoms with Crippen molar-refractivity contribution in [2.45, 2.75) is 61.5 Å². The molecule has 0 radical (unpaired) electrons. The molecule has 9 heteroatoms. The molecule has 2 unspecified atom stereocenters. The Balaban J connectivity index is 0.00000320. The van der Waals surface area contributed by atoms with Gasteiger partial charge in [-0.05, 0) is 72.6 Å². The summed E-state index contributed by atoms with van der Waals surface area (Å²) >= 11 is 1.47. The third-order valence-corrected chi connectivity index (χ3v) is 9.00. The molecule has 37 heavy (non-hydrogen) atoms. The first-order chi connectivity index (χ1) is 17.2. The molecular weight excluding hydrogens is 517 g/mol. The van der Waals surface area contributed by atoms with Crippen LogP contribution >= 0.6 is 24.2 Å². The number of hydrogen-bond donors (Lipinski definition) is 2. The molecule has 0 saturated carbocycles. The largest absolute Gasteiger partial charge is 0.416 e. The minimum absolute atomic E-state index is 0. The third-order valence-electron chi connectivity index (χ3n) is 7.79. The quantitative estimate of drug-likeness (QED) is 0.377. The molecule has 3 aliphatic heterocycles. The van der Waals surface area contributed by atoms with E-state index in [2.05, 4.69) is 47.2 Å². The summed E-state index contributed by atoms with van der Waals surface area (Å²) in [5.74, 6) is 1.32. The number of nitrogens with one attached hydrogen (secondary N) is 1. The summed E-state index contributed by atoms with van der Waals surface area (Å²) in [7, 11) is 0. The number of piperidine rings is 2. The number of halogens is 4. The maximum absolute atomic E-state index is 13.8. The highest BCUT2D eigenvalue weighted by Crippen LogP contribution is 2.46. The Morgan fingerprint density at radius 1 is 1.03 bits per heavy atom. The zero-order chi connectivity index (χ0) is 25.4. The maximum atomic E-state index is 13.8. The van der Waals surface area contributed by atoms with Crippen molar-refractivity contribution in [2.24, 2.45) is 17.6 Å². The van der Waals surface area contributed by atoms with Gasteiger partial charge in [0.15, 0.2) is 0 Å². The molecule has 2 atom stereocenters. The van der Waals surface area contributed by atoms with Gasteiger partial charge in [-0.2, -0.15) is 13.2 Å². The average Bonchev–Trinajstić information content (AvgIpc) is 2.82. The predicted octanol–water partition coefficient (Wildman–Crippen LogP) is 6.50. The summed E-state index contributed by atoms with van der Waals surface area (Å²) < 4.78 is 41.4. The molecule has 204 valence electrons. The average molecular weight is 555 g/mol. The molecule has 0 aliphatic carbocycles. The fourth-order valence-corrected chi connectivity index (χ4v) is 7.22. The first kappa shape index (κ1) is 28.4. The van der Waals surface area contributed by atoms with E-state index in [4.69, 9.17) is 5.73 Å². The second kappa shape index (κ2) is 11.6. The molecule has 0 amide bonds. The fourth-order valence-electron chi connectivity index (χ4n) is 6.10. The summed E-state index contributed by atoms with van der Waals surface area (Å²) in [5.41, 5.74) is 9.18. The lowest BCUT2D eigenvalue weighted by atomic mass is 9.91. The van der Waals surface area contributed by atoms with E-state index in [1.807, 2.05) is 0 Å². The summed E-state index contributed by atoms with van der Waals surface area (Å²) in [4.78, 5) is 6.58. The SMILES string of the molecule is CC1CC(C)CN(c2ccc3c(c2)Cc2c(NC4CCN(CCN)CC4)cc(C(F)(F)F)cc2S3)C1.Cl. The summed E-state index contributed by atoms with van der Waals surface area (Å²) in [6, 6.07) is 9.34. The number of likely N-dealkylation sites (tertiary alicyclic amines) is 1. The lowest BCUT2D eigenvalue weighted by molar-refractivity contribution is -0.137. The monoisotopic (exact) mass is 554 g/mol. The molecule has 5 rings (SSSR count). The number of rotatable bonds is 5. The molecule has 4 nitrogen and oxygen atoms in total. The molecule has 3 N–H and O–H groups in total. The van der Waals surface area contributed by atoms with Crippen LogP contribution in [0.25, 0.3) is 0 Å². The minimum atomic E-state index is -4.37. The van der Waals surface area contributed by atoms with Crippen molar-refractivity contribution in [1.29, 1.82) is 0 Å². The number of nitrogens with zero attached hydrogens (tertiary/aromatic N) is 2. The summed E-state index contributed by atoms with van der Waals surface area (Å²) in [6.07, 6.45) is -0.653. The van der Waals surface area contributed by atoms with Gasteiger partial charge in [-0.25, -0.2) is 0 Å². The molecule has 2 fully saturated rings. The molecule has 0 aromatic heterocycles. The van der Waals surface area contributed by atoms with Gasteiger partial charge in [0.25, 0.3) is 0 Å². The number of fused-ring (bicyclic) bond motifs is 2. The molecule has 3 aliphatic rings. The van der Waals surface area contributed by atoms with Crippen molar-refractivity contribution < 1.29 is 13.2 Å². The van der Waals surface area contributed by atoms with Gasteiger partial charge in [0.1, 0.15) is 0 Å². The highest BCUT2D eigenvalue weighted by molar-refractivity contribution is 7.99. The van der Waals surface area contributed by atoms with Gasteiger partial charge in [0.05, 0.1) is 5.56 Å². The molecule has 3 heterocycles. The zero-order valence-corrected chi connectivity index (χ0v) is 23.2. The Morgan fingerprint density at radius 2 is 1.73 bits per heavy atom. The van der Waals surface area contributed by atoms with Gasteiger partial charge >= 0.3 is 6.18 Å². The van der Waals surface area contributed by atoms with Crippen LogP contribution < -0.4 is 16.0 Å². The summed E-state index contributed by atoms with van der Waals surface area (Å²) in [5, 5.41) is 3.52. The van der Waals surface area contributed by atoms with Crippen LogP contribution in [0.15, 0.2) is 40.1 Å². The second-order valence-corrected chi connectivity index (χ2v) is 12.1. The van der Waals surface area contributed by atoms with Crippen molar-refractivity contribution in [1.82, 2.24) is 4.90 Å². The van der Waals surface area contributed by atoms with Gasteiger partial charge in [-0.1, -0.05) is 25.6 Å². The number of hydrogen-bond acceptors (Lipinski definition) is 5. The number of nitrogens with two attached hydrogens (primary N) is 1. The van der Waals surface area contributed by atoms with Crippen LogP contribution in [0.1, 0.15) is 49.8 Å². The first-order valence-corrected chi connectivity index (χ1v) is 14.0. The van der Waals surface area contributed by atoms with E-state index in [0.717, 1.165) is 56.0 Å². The smallest absolute Gasteiger partial charge is 0.382 e. The Labute approximate surface area is 228 Å². The summed E-state index contributed by atoms with van der Waals surface area (Å²) in [6.45, 7) is 10.1. The fraction of sp³-hybridized carbons (Fsp3) is 0.571. The Hall–Kier alpha value is -1.61. The van der Waals surface area contributed by atoms with E-state index in [-0.39, 0.29) is 18.4 Å². The standard InChI is InChI=1S/C28H37F3N4S.ClH/c1-18-11-19(2)17-35(16-18)23-3-4-26-20(12-23)13-24-25(14-21(28(29,30)31)15-27(24)36-26)33-22-5-8-34(9-6-22)10-7-32;/h3-4,12,14-15,18-19,22,33H,5-11,13,16-17,32H2,1-2H3;1H. The lowest BCUT2D eigenvalue weighted by Gasteiger charge is -2.37. The Morgan fingerprint density at radius 3 is 2.38 bits per heavy atom. The van der Waals surface area contributed by atoms with Crippen molar-refractivity contribution >= 4 is 35.5 Å². The Kier molecular flexibility index (Phi) is 8.94. The van der Waals surface area contributed by atoms with Crippen LogP contribution in [0.3, 0.4) is 0 Å². The van der Waals surface area contributed by atoms with E-state index in [1.165, 1.54) is 41.6 Å². The van der Waals surface area contributed by atoms with Crippen molar-refractivity contribution in [3.8, 4) is 0 Å². The van der Waals surface area contributed by atoms with E-state index < -0.39 is 11.7 Å².